The third kappa shape index (κ3) is 2.73. The first-order valence-corrected chi connectivity index (χ1v) is 5.09. The Morgan fingerprint density at radius 3 is 2.94 bits per heavy atom. The van der Waals surface area contributed by atoms with Gasteiger partial charge in [-0.1, -0.05) is 0 Å². The zero-order valence-corrected chi connectivity index (χ0v) is 8.97. The van der Waals surface area contributed by atoms with Crippen molar-refractivity contribution < 1.29 is 9.50 Å². The normalized spacial score (nSPS) is 10.2. The van der Waals surface area contributed by atoms with Crippen molar-refractivity contribution >= 4 is 5.82 Å². The van der Waals surface area contributed by atoms with Gasteiger partial charge in [0, 0.05) is 24.5 Å². The maximum Gasteiger partial charge on any atom is 0.183 e. The molecule has 2 aromatic rings. The molecule has 0 fully saturated rings. The van der Waals surface area contributed by atoms with Crippen molar-refractivity contribution in [1.29, 1.82) is 0 Å². The molecule has 2 heterocycles. The summed E-state index contributed by atoms with van der Waals surface area (Å²) in [6, 6.07) is 3.54. The first-order valence-electron chi connectivity index (χ1n) is 5.09. The number of halogens is 1. The van der Waals surface area contributed by atoms with E-state index < -0.39 is 5.82 Å². The summed E-state index contributed by atoms with van der Waals surface area (Å²) in [6.45, 7) is 0.145. The lowest BCUT2D eigenvalue weighted by Gasteiger charge is -2.06. The van der Waals surface area contributed by atoms with Crippen LogP contribution in [-0.4, -0.2) is 33.2 Å². The molecule has 17 heavy (non-hydrogen) atoms. The van der Waals surface area contributed by atoms with E-state index in [0.717, 1.165) is 6.20 Å². The SMILES string of the molecule is OCCNc1nc(-c2cccnc2)ncc1F. The highest BCUT2D eigenvalue weighted by atomic mass is 19.1. The molecule has 5 nitrogen and oxygen atoms in total. The second-order valence-electron chi connectivity index (χ2n) is 3.28. The van der Waals surface area contributed by atoms with Gasteiger partial charge in [-0.15, -0.1) is 0 Å². The molecule has 0 spiro atoms. The van der Waals surface area contributed by atoms with Crippen molar-refractivity contribution in [3.63, 3.8) is 0 Å². The highest BCUT2D eigenvalue weighted by Gasteiger charge is 2.07. The minimum absolute atomic E-state index is 0.0768. The maximum atomic E-state index is 13.3. The first-order chi connectivity index (χ1) is 8.31. The lowest BCUT2D eigenvalue weighted by Crippen LogP contribution is -2.09. The highest BCUT2D eigenvalue weighted by molar-refractivity contribution is 5.55. The molecule has 0 aliphatic heterocycles. The topological polar surface area (TPSA) is 70.9 Å². The molecule has 2 aromatic heterocycles. The van der Waals surface area contributed by atoms with Gasteiger partial charge in [-0.2, -0.15) is 0 Å². The number of aliphatic hydroxyl groups is 1. The summed E-state index contributed by atoms with van der Waals surface area (Å²) in [6.07, 6.45) is 4.33. The van der Waals surface area contributed by atoms with E-state index in [4.69, 9.17) is 5.11 Å². The molecule has 88 valence electrons. The van der Waals surface area contributed by atoms with Gasteiger partial charge in [0.1, 0.15) is 0 Å². The minimum Gasteiger partial charge on any atom is -0.395 e. The molecule has 0 aliphatic rings. The second-order valence-corrected chi connectivity index (χ2v) is 3.28. The van der Waals surface area contributed by atoms with E-state index in [2.05, 4.69) is 20.3 Å². The number of hydrogen-bond acceptors (Lipinski definition) is 5. The van der Waals surface area contributed by atoms with Gasteiger partial charge in [0.2, 0.25) is 0 Å². The zero-order valence-electron chi connectivity index (χ0n) is 8.97. The first kappa shape index (κ1) is 11.4. The van der Waals surface area contributed by atoms with E-state index in [1.807, 2.05) is 0 Å². The molecule has 0 aliphatic carbocycles. The quantitative estimate of drug-likeness (QED) is 0.828. The van der Waals surface area contributed by atoms with Crippen LogP contribution in [0.5, 0.6) is 0 Å². The Hall–Kier alpha value is -2.08. The molecule has 0 saturated heterocycles. The van der Waals surface area contributed by atoms with Crippen molar-refractivity contribution in [1.82, 2.24) is 15.0 Å². The lowest BCUT2D eigenvalue weighted by atomic mass is 10.2. The van der Waals surface area contributed by atoms with Crippen molar-refractivity contribution in [2.75, 3.05) is 18.5 Å². The van der Waals surface area contributed by atoms with Crippen LogP contribution < -0.4 is 5.32 Å². The van der Waals surface area contributed by atoms with Crippen LogP contribution in [0, 0.1) is 5.82 Å². The third-order valence-corrected chi connectivity index (χ3v) is 2.07. The van der Waals surface area contributed by atoms with E-state index in [9.17, 15) is 4.39 Å². The Kier molecular flexibility index (Phi) is 3.56. The Labute approximate surface area is 97.4 Å². The molecular weight excluding hydrogens is 223 g/mol. The van der Waals surface area contributed by atoms with Crippen LogP contribution in [0.3, 0.4) is 0 Å². The standard InChI is InChI=1S/C11H11FN4O/c12-9-7-15-10(8-2-1-3-13-6-8)16-11(9)14-4-5-17/h1-3,6-7,17H,4-5H2,(H,14,15,16). The van der Waals surface area contributed by atoms with Gasteiger partial charge in [0.05, 0.1) is 12.8 Å². The van der Waals surface area contributed by atoms with Crippen molar-refractivity contribution in [2.24, 2.45) is 0 Å². The molecule has 0 atom stereocenters. The number of rotatable bonds is 4. The molecule has 0 amide bonds. The van der Waals surface area contributed by atoms with Crippen LogP contribution in [0.25, 0.3) is 11.4 Å². The van der Waals surface area contributed by atoms with Gasteiger partial charge in [-0.05, 0) is 12.1 Å². The van der Waals surface area contributed by atoms with Gasteiger partial charge in [0.15, 0.2) is 17.5 Å². The number of nitrogens with one attached hydrogen (secondary N) is 1. The summed E-state index contributed by atoms with van der Waals surface area (Å²) < 4.78 is 13.3. The summed E-state index contributed by atoms with van der Waals surface area (Å²) in [4.78, 5) is 11.9. The van der Waals surface area contributed by atoms with Gasteiger partial charge in [-0.25, -0.2) is 14.4 Å². The van der Waals surface area contributed by atoms with Crippen LogP contribution in [0.1, 0.15) is 0 Å². The lowest BCUT2D eigenvalue weighted by molar-refractivity contribution is 0.310. The molecule has 0 radical (unpaired) electrons. The van der Waals surface area contributed by atoms with Crippen molar-refractivity contribution in [2.45, 2.75) is 0 Å². The van der Waals surface area contributed by atoms with E-state index in [-0.39, 0.29) is 19.0 Å². The summed E-state index contributed by atoms with van der Waals surface area (Å²) in [5.41, 5.74) is 0.708. The Morgan fingerprint density at radius 1 is 1.35 bits per heavy atom. The van der Waals surface area contributed by atoms with Crippen LogP contribution in [0.4, 0.5) is 10.2 Å². The van der Waals surface area contributed by atoms with E-state index in [1.54, 1.807) is 24.5 Å². The van der Waals surface area contributed by atoms with E-state index in [1.165, 1.54) is 0 Å². The number of aliphatic hydroxyl groups excluding tert-OH is 1. The van der Waals surface area contributed by atoms with Crippen LogP contribution >= 0.6 is 0 Å². The highest BCUT2D eigenvalue weighted by Crippen LogP contribution is 2.16. The molecule has 0 aromatic carbocycles. The van der Waals surface area contributed by atoms with Gasteiger partial charge in [0.25, 0.3) is 0 Å². The van der Waals surface area contributed by atoms with E-state index >= 15 is 0 Å². The predicted octanol–water partition coefficient (Wildman–Crippen LogP) is 1.08. The van der Waals surface area contributed by atoms with Crippen LogP contribution in [-0.2, 0) is 0 Å². The maximum absolute atomic E-state index is 13.3. The summed E-state index contributed by atoms with van der Waals surface area (Å²) in [5, 5.41) is 11.3. The van der Waals surface area contributed by atoms with E-state index in [0.29, 0.717) is 11.4 Å². The molecule has 0 unspecified atom stereocenters. The molecule has 0 saturated carbocycles. The number of hydrogen-bond donors (Lipinski definition) is 2. The summed E-state index contributed by atoms with van der Waals surface area (Å²) in [5.74, 6) is -0.0843. The Bertz CT molecular complexity index is 492. The third-order valence-electron chi connectivity index (χ3n) is 2.07. The fourth-order valence-electron chi connectivity index (χ4n) is 1.30. The van der Waals surface area contributed by atoms with Gasteiger partial charge >= 0.3 is 0 Å². The predicted molar refractivity (Wildman–Crippen MR) is 60.8 cm³/mol. The zero-order chi connectivity index (χ0) is 12.1. The largest absolute Gasteiger partial charge is 0.395 e. The number of nitrogens with zero attached hydrogens (tertiary/aromatic N) is 3. The molecule has 0 bridgehead atoms. The van der Waals surface area contributed by atoms with Crippen LogP contribution in [0.2, 0.25) is 0 Å². The van der Waals surface area contributed by atoms with Crippen LogP contribution in [0.15, 0.2) is 30.7 Å². The minimum atomic E-state index is -0.550. The van der Waals surface area contributed by atoms with Crippen molar-refractivity contribution in [3.05, 3.63) is 36.5 Å². The molecular formula is C11H11FN4O. The second kappa shape index (κ2) is 5.31. The smallest absolute Gasteiger partial charge is 0.183 e. The number of pyridine rings is 1. The van der Waals surface area contributed by atoms with Gasteiger partial charge < -0.3 is 10.4 Å². The Morgan fingerprint density at radius 2 is 2.24 bits per heavy atom. The average Bonchev–Trinajstić information content (AvgIpc) is 2.39. The fraction of sp³-hybridized carbons (Fsp3) is 0.182. The molecule has 2 rings (SSSR count). The molecule has 6 heteroatoms. The monoisotopic (exact) mass is 234 g/mol. The van der Waals surface area contributed by atoms with Crippen molar-refractivity contribution in [3.8, 4) is 11.4 Å². The van der Waals surface area contributed by atoms with Gasteiger partial charge in [-0.3, -0.25) is 4.98 Å². The summed E-state index contributed by atoms with van der Waals surface area (Å²) in [7, 11) is 0. The number of anilines is 1. The fourth-order valence-corrected chi connectivity index (χ4v) is 1.30. The number of aromatic nitrogens is 3. The summed E-state index contributed by atoms with van der Waals surface area (Å²) >= 11 is 0. The molecule has 2 N–H and O–H groups in total. The Balaban J connectivity index is 2.31. The average molecular weight is 234 g/mol.